The van der Waals surface area contributed by atoms with E-state index in [0.29, 0.717) is 23.7 Å². The lowest BCUT2D eigenvalue weighted by molar-refractivity contribution is -0.114. The molecule has 0 saturated carbocycles. The van der Waals surface area contributed by atoms with Gasteiger partial charge < -0.3 is 5.32 Å². The van der Waals surface area contributed by atoms with Crippen LogP contribution in [0.2, 0.25) is 0 Å². The Morgan fingerprint density at radius 3 is 2.00 bits per heavy atom. The van der Waals surface area contributed by atoms with Crippen molar-refractivity contribution in [2.45, 2.75) is 52.9 Å². The van der Waals surface area contributed by atoms with Gasteiger partial charge in [-0.1, -0.05) is 79.6 Å². The van der Waals surface area contributed by atoms with Gasteiger partial charge in [0, 0.05) is 24.4 Å². The molecule has 0 fully saturated rings. The summed E-state index contributed by atoms with van der Waals surface area (Å²) in [5.74, 6) is 2.19. The monoisotopic (exact) mass is 435 g/mol. The Balaban J connectivity index is 1.70. The second-order valence-electron chi connectivity index (χ2n) is 10.2. The van der Waals surface area contributed by atoms with Crippen molar-refractivity contribution in [1.29, 1.82) is 0 Å². The van der Waals surface area contributed by atoms with E-state index < -0.39 is 0 Å². The Morgan fingerprint density at radius 2 is 1.42 bits per heavy atom. The van der Waals surface area contributed by atoms with Gasteiger partial charge in [-0.05, 0) is 77.6 Å². The van der Waals surface area contributed by atoms with E-state index in [9.17, 15) is 4.79 Å². The summed E-state index contributed by atoms with van der Waals surface area (Å²) in [6.07, 6.45) is 3.79. The predicted molar refractivity (Wildman–Crippen MR) is 139 cm³/mol. The van der Waals surface area contributed by atoms with Crippen LogP contribution in [-0.2, 0) is 4.79 Å². The summed E-state index contributed by atoms with van der Waals surface area (Å²) in [4.78, 5) is 11.5. The van der Waals surface area contributed by atoms with Crippen molar-refractivity contribution >= 4 is 11.6 Å². The Kier molecular flexibility index (Phi) is 5.48. The van der Waals surface area contributed by atoms with Crippen LogP contribution in [0.15, 0.2) is 72.3 Å². The Hall–Kier alpha value is -3.13. The number of aryl methyl sites for hydroxylation is 1. The molecule has 3 atom stereocenters. The number of carbonyl (C=O) groups excluding carboxylic acids is 1. The highest BCUT2D eigenvalue weighted by Crippen LogP contribution is 2.58. The highest BCUT2D eigenvalue weighted by molar-refractivity contribution is 5.89. The van der Waals surface area contributed by atoms with E-state index >= 15 is 0 Å². The van der Waals surface area contributed by atoms with Crippen LogP contribution in [0.3, 0.4) is 0 Å². The molecule has 3 aromatic carbocycles. The number of anilines is 1. The molecule has 0 spiro atoms. The average Bonchev–Trinajstić information content (AvgIpc) is 2.79. The number of rotatable bonds is 4. The third kappa shape index (κ3) is 3.82. The summed E-state index contributed by atoms with van der Waals surface area (Å²) in [5, 5.41) is 2.89. The van der Waals surface area contributed by atoms with Gasteiger partial charge in [-0.2, -0.15) is 0 Å². The van der Waals surface area contributed by atoms with Crippen molar-refractivity contribution in [2.24, 2.45) is 11.8 Å². The van der Waals surface area contributed by atoms with Crippen LogP contribution in [0.25, 0.3) is 22.3 Å². The SMILES string of the molecule is CC(=O)Nc1ccc(-c2ccc(-c3ccc(C)cc3)c3c2C2C=C(C)C3CC2C(C)C)cc1. The zero-order chi connectivity index (χ0) is 23.3. The second-order valence-corrected chi connectivity index (χ2v) is 10.2. The van der Waals surface area contributed by atoms with Gasteiger partial charge in [0.15, 0.2) is 0 Å². The van der Waals surface area contributed by atoms with Gasteiger partial charge in [0.1, 0.15) is 0 Å². The molecule has 2 heteroatoms. The van der Waals surface area contributed by atoms with Gasteiger partial charge >= 0.3 is 0 Å². The van der Waals surface area contributed by atoms with Gasteiger partial charge in [0.2, 0.25) is 5.91 Å². The molecule has 0 radical (unpaired) electrons. The number of allylic oxidation sites excluding steroid dienone is 2. The van der Waals surface area contributed by atoms with Crippen LogP contribution in [0, 0.1) is 18.8 Å². The molecule has 1 amide bonds. The molecular weight excluding hydrogens is 402 g/mol. The van der Waals surface area contributed by atoms with Crippen LogP contribution in [0.4, 0.5) is 5.69 Å². The topological polar surface area (TPSA) is 29.1 Å². The summed E-state index contributed by atoms with van der Waals surface area (Å²) in [6.45, 7) is 10.8. The third-order valence-electron chi connectivity index (χ3n) is 7.67. The summed E-state index contributed by atoms with van der Waals surface area (Å²) >= 11 is 0. The molecule has 1 N–H and O–H groups in total. The Morgan fingerprint density at radius 1 is 0.848 bits per heavy atom. The number of hydrogen-bond acceptors (Lipinski definition) is 1. The fraction of sp³-hybridized carbons (Fsp3) is 0.323. The standard InChI is InChI=1S/C31H33NO/c1-18(2)27-17-28-20(4)16-29(27)31-26(23-10-12-24(13-11-23)32-21(5)33)15-14-25(30(28)31)22-8-6-19(3)7-9-22/h6-16,18,27-29H,17H2,1-5H3,(H,32,33). The van der Waals surface area contributed by atoms with Gasteiger partial charge in [0.05, 0.1) is 0 Å². The lowest BCUT2D eigenvalue weighted by Gasteiger charge is -2.46. The Labute approximate surface area is 197 Å². The number of carbonyl (C=O) groups is 1. The number of hydrogen-bond donors (Lipinski definition) is 1. The third-order valence-corrected chi connectivity index (χ3v) is 7.67. The van der Waals surface area contributed by atoms with E-state index in [-0.39, 0.29) is 5.91 Å². The average molecular weight is 436 g/mol. The zero-order valence-corrected chi connectivity index (χ0v) is 20.3. The summed E-state index contributed by atoms with van der Waals surface area (Å²) in [7, 11) is 0. The Bertz CT molecular complexity index is 1230. The summed E-state index contributed by atoms with van der Waals surface area (Å²) in [6, 6.07) is 22.0. The van der Waals surface area contributed by atoms with E-state index in [1.807, 2.05) is 12.1 Å². The first-order valence-electron chi connectivity index (χ1n) is 12.1. The van der Waals surface area contributed by atoms with Crippen LogP contribution in [-0.4, -0.2) is 5.91 Å². The van der Waals surface area contributed by atoms with Crippen LogP contribution in [0.5, 0.6) is 0 Å². The molecule has 2 bridgehead atoms. The first-order valence-corrected chi connectivity index (χ1v) is 12.1. The maximum atomic E-state index is 11.5. The van der Waals surface area contributed by atoms with Gasteiger partial charge in [-0.3, -0.25) is 4.79 Å². The lowest BCUT2D eigenvalue weighted by Crippen LogP contribution is -2.32. The van der Waals surface area contributed by atoms with Crippen molar-refractivity contribution in [3.63, 3.8) is 0 Å². The molecule has 6 rings (SSSR count). The molecule has 0 aliphatic heterocycles. The second kappa shape index (κ2) is 8.33. The quantitative estimate of drug-likeness (QED) is 0.412. The van der Waals surface area contributed by atoms with Crippen molar-refractivity contribution in [2.75, 3.05) is 5.32 Å². The van der Waals surface area contributed by atoms with Crippen LogP contribution in [0.1, 0.15) is 62.6 Å². The number of fused-ring (bicyclic) bond motifs is 1. The number of amides is 1. The van der Waals surface area contributed by atoms with Crippen molar-refractivity contribution in [3.05, 3.63) is 89.0 Å². The van der Waals surface area contributed by atoms with Gasteiger partial charge in [-0.25, -0.2) is 0 Å². The highest BCUT2D eigenvalue weighted by atomic mass is 16.1. The molecule has 0 saturated heterocycles. The van der Waals surface area contributed by atoms with Gasteiger partial charge in [0.25, 0.3) is 0 Å². The molecule has 2 nitrogen and oxygen atoms in total. The molecular formula is C31H33NO. The van der Waals surface area contributed by atoms with Gasteiger partial charge in [-0.15, -0.1) is 0 Å². The first-order chi connectivity index (χ1) is 15.8. The molecule has 33 heavy (non-hydrogen) atoms. The van der Waals surface area contributed by atoms with Crippen molar-refractivity contribution in [3.8, 4) is 22.3 Å². The maximum absolute atomic E-state index is 11.5. The molecule has 3 aliphatic rings. The smallest absolute Gasteiger partial charge is 0.221 e. The zero-order valence-electron chi connectivity index (χ0n) is 20.3. The normalized spacial score (nSPS) is 21.0. The summed E-state index contributed by atoms with van der Waals surface area (Å²) < 4.78 is 0. The molecule has 3 aliphatic carbocycles. The van der Waals surface area contributed by atoms with E-state index in [0.717, 1.165) is 5.69 Å². The molecule has 0 heterocycles. The minimum absolute atomic E-state index is 0.0414. The maximum Gasteiger partial charge on any atom is 0.221 e. The number of benzene rings is 3. The molecule has 3 aromatic rings. The fourth-order valence-electron chi connectivity index (χ4n) is 6.00. The minimum Gasteiger partial charge on any atom is -0.326 e. The molecule has 168 valence electrons. The number of nitrogens with one attached hydrogen (secondary N) is 1. The van der Waals surface area contributed by atoms with Crippen molar-refractivity contribution in [1.82, 2.24) is 0 Å². The van der Waals surface area contributed by atoms with E-state index in [1.54, 1.807) is 6.92 Å². The molecule has 3 unspecified atom stereocenters. The van der Waals surface area contributed by atoms with E-state index in [4.69, 9.17) is 0 Å². The van der Waals surface area contributed by atoms with E-state index in [2.05, 4.69) is 87.6 Å². The highest BCUT2D eigenvalue weighted by Gasteiger charge is 2.42. The lowest BCUT2D eigenvalue weighted by atomic mass is 9.58. The first kappa shape index (κ1) is 21.7. The molecule has 0 aromatic heterocycles. The fourth-order valence-corrected chi connectivity index (χ4v) is 6.00. The van der Waals surface area contributed by atoms with Crippen LogP contribution >= 0.6 is 0 Å². The summed E-state index contributed by atoms with van der Waals surface area (Å²) in [5.41, 5.74) is 12.0. The van der Waals surface area contributed by atoms with Crippen LogP contribution < -0.4 is 5.32 Å². The minimum atomic E-state index is -0.0414. The van der Waals surface area contributed by atoms with E-state index in [1.165, 1.54) is 50.9 Å². The predicted octanol–water partition coefficient (Wildman–Crippen LogP) is 8.09. The van der Waals surface area contributed by atoms with Crippen molar-refractivity contribution < 1.29 is 4.79 Å². The largest absolute Gasteiger partial charge is 0.326 e.